The Labute approximate surface area is 728 Å². The summed E-state index contributed by atoms with van der Waals surface area (Å²) in [6, 6.07) is 27.1. The molecular weight excluding hydrogens is 1620 g/mol. The molecule has 4 aliphatic rings. The van der Waals surface area contributed by atoms with Crippen LogP contribution in [0.4, 0.5) is 0 Å². The summed E-state index contributed by atoms with van der Waals surface area (Å²) in [6.07, 6.45) is 5.24. The molecule has 4 aromatic carbocycles. The molecule has 9 amide bonds. The third kappa shape index (κ3) is 29.5. The highest BCUT2D eigenvalue weighted by Crippen LogP contribution is 2.28. The maximum absolute atomic E-state index is 13.1. The number of ether oxygens (including phenoxy) is 2. The van der Waals surface area contributed by atoms with Gasteiger partial charge in [-0.05, 0) is 149 Å². The molecule has 37 nitrogen and oxygen atoms in total. The molecule has 4 aromatic heterocycles. The lowest BCUT2D eigenvalue weighted by molar-refractivity contribution is -0.146. The van der Waals surface area contributed by atoms with Crippen LogP contribution in [0, 0.1) is 76.4 Å². The van der Waals surface area contributed by atoms with E-state index in [1.165, 1.54) is 14.2 Å². The summed E-state index contributed by atoms with van der Waals surface area (Å²) in [5.41, 5.74) is 17.0. The molecule has 0 spiro atoms. The predicted octanol–water partition coefficient (Wildman–Crippen LogP) is 6.41. The Bertz CT molecular complexity index is 5080. The summed E-state index contributed by atoms with van der Waals surface area (Å²) in [5, 5.41) is 39.7. The number of Topliss-reactive ketones (excluding diaryl/α,β-unsaturated/α-hetero) is 3. The standard InChI is InChI=1S/C23H30N4O5.C22H29N5O4.C22H27N5O3.C14H25N3O4.C8H6N2O2/c1-13(2)10-15(12-19(28)20-25-16-6-4-5-7-17(16)26-20)22(30)27-18(23(31)32-3)11-14-8-9-24-21(14)29;1-12(2)9-14(11-18(28)20-25-15-5-3-4-6-16(15)26-20)22(31)27-17(19(23)29)10-13-7-8-24-21(13)30;1-13(2)9-15(11-19(28)20-26-17-5-3-4-6-18(17)27-20)22(30)25-16(12-23)10-14-7-8-24-21(14)29;1-8(2)6-10(15)13(19)17-11(14(20)21-3)7-9-4-5-16-12(9)18;11-8(12)7-9-5-3-1-2-4-6(5)10-7/h4-7,13-15,18H,8-12H2,1-3H3,(H,24,29)(H,25,26)(H,27,30);3-6,12-14,17H,7-11H2,1-2H3,(H2,23,29)(H,24,30)(H,25,26)(H,27,31);3-6,13-16H,7-11H2,1-2H3,(H,24,29)(H,25,30)(H,26,27);8-11H,4-7,15H2,1-3H3,(H,16,18)(H,17,19);1-4H,(H,9,10)(H,11,12)/t14-,15+,18-;13-,14+,17-;14-,15+,16-;9-,10-,11-;/m0000./s1. The van der Waals surface area contributed by atoms with Gasteiger partial charge in [-0.1, -0.05) is 104 Å². The number of benzene rings is 4. The Balaban J connectivity index is 0.000000200. The van der Waals surface area contributed by atoms with Gasteiger partial charge in [0.2, 0.25) is 59.0 Å². The molecule has 4 aliphatic heterocycles. The van der Waals surface area contributed by atoms with Crippen LogP contribution in [-0.4, -0.2) is 204 Å². The third-order valence-electron chi connectivity index (χ3n) is 21.8. The summed E-state index contributed by atoms with van der Waals surface area (Å²) in [6.45, 7) is 18.0. The topological polar surface area (TPSA) is 582 Å². The molecule has 12 atom stereocenters. The Morgan fingerprint density at radius 1 is 0.421 bits per heavy atom. The zero-order valence-corrected chi connectivity index (χ0v) is 72.7. The number of esters is 2. The molecule has 126 heavy (non-hydrogen) atoms. The minimum atomic E-state index is -1.04. The number of carbonyl (C=O) groups excluding carboxylic acids is 14. The van der Waals surface area contributed by atoms with Gasteiger partial charge in [-0.25, -0.2) is 34.3 Å². The van der Waals surface area contributed by atoms with Crippen LogP contribution >= 0.6 is 0 Å². The van der Waals surface area contributed by atoms with Crippen LogP contribution in [0.2, 0.25) is 0 Å². The first-order chi connectivity index (χ1) is 60.0. The smallest absolute Gasteiger partial charge is 0.371 e. The van der Waals surface area contributed by atoms with Gasteiger partial charge in [-0.15, -0.1) is 0 Å². The Morgan fingerprint density at radius 2 is 0.698 bits per heavy atom. The highest BCUT2D eigenvalue weighted by atomic mass is 16.5. The van der Waals surface area contributed by atoms with E-state index in [-0.39, 0.29) is 162 Å². The van der Waals surface area contributed by atoms with Gasteiger partial charge in [0.05, 0.1) is 70.5 Å². The second-order valence-corrected chi connectivity index (χ2v) is 33.7. The number of nitrogens with two attached hydrogens (primary N) is 2. The van der Waals surface area contributed by atoms with E-state index < -0.39 is 89.5 Å². The highest BCUT2D eigenvalue weighted by molar-refractivity contribution is 6.01. The number of rotatable bonds is 37. The first kappa shape index (κ1) is 98.3. The van der Waals surface area contributed by atoms with Gasteiger partial charge >= 0.3 is 17.9 Å². The lowest BCUT2D eigenvalue weighted by Gasteiger charge is -2.23. The number of amides is 9. The zero-order chi connectivity index (χ0) is 92.0. The molecule has 12 rings (SSSR count). The summed E-state index contributed by atoms with van der Waals surface area (Å²) in [5.74, 6) is -7.37. The molecular formula is C89H117N19O18. The van der Waals surface area contributed by atoms with E-state index >= 15 is 0 Å². The van der Waals surface area contributed by atoms with Gasteiger partial charge in [0.15, 0.2) is 34.8 Å². The number of ketones is 3. The largest absolute Gasteiger partial charge is 0.475 e. The van der Waals surface area contributed by atoms with Crippen molar-refractivity contribution in [3.8, 4) is 6.07 Å². The molecule has 8 aromatic rings. The second kappa shape index (κ2) is 47.6. The number of carbonyl (C=O) groups is 15. The molecule has 0 radical (unpaired) electrons. The summed E-state index contributed by atoms with van der Waals surface area (Å²) >= 11 is 0. The molecule has 0 aliphatic carbocycles. The summed E-state index contributed by atoms with van der Waals surface area (Å²) < 4.78 is 9.53. The molecule has 676 valence electrons. The van der Waals surface area contributed by atoms with Crippen LogP contribution < -0.4 is 54.0 Å². The summed E-state index contributed by atoms with van der Waals surface area (Å²) in [7, 11) is 2.50. The van der Waals surface area contributed by atoms with Gasteiger partial charge in [0, 0.05) is 86.9 Å². The van der Waals surface area contributed by atoms with Gasteiger partial charge in [-0.2, -0.15) is 5.26 Å². The van der Waals surface area contributed by atoms with E-state index in [1.807, 2.05) is 128 Å². The van der Waals surface area contributed by atoms with Crippen LogP contribution in [0.1, 0.15) is 194 Å². The fourth-order valence-electron chi connectivity index (χ4n) is 15.3. The first-order valence-electron chi connectivity index (χ1n) is 42.6. The van der Waals surface area contributed by atoms with Crippen molar-refractivity contribution < 1.29 is 86.5 Å². The van der Waals surface area contributed by atoms with Gasteiger partial charge < -0.3 is 88.5 Å². The molecule has 8 heterocycles. The maximum atomic E-state index is 13.1. The number of imidazole rings is 4. The van der Waals surface area contributed by atoms with Crippen LogP contribution in [-0.2, 0) is 62.2 Å². The van der Waals surface area contributed by atoms with Crippen molar-refractivity contribution >= 4 is 133 Å². The number of para-hydroxylation sites is 8. The molecule has 37 heteroatoms. The summed E-state index contributed by atoms with van der Waals surface area (Å²) in [4.78, 5) is 212. The Hall–Kier alpha value is -13.1. The van der Waals surface area contributed by atoms with Crippen molar-refractivity contribution in [3.63, 3.8) is 0 Å². The van der Waals surface area contributed by atoms with Crippen LogP contribution in [0.5, 0.6) is 0 Å². The molecule has 0 bridgehead atoms. The van der Waals surface area contributed by atoms with E-state index in [4.69, 9.17) is 26.0 Å². The normalized spacial score (nSPS) is 17.7. The number of primary amides is 1. The van der Waals surface area contributed by atoms with Crippen LogP contribution in [0.15, 0.2) is 97.1 Å². The van der Waals surface area contributed by atoms with E-state index in [2.05, 4.69) is 88.5 Å². The molecule has 0 unspecified atom stereocenters. The number of methoxy groups -OCH3 is 2. The number of nitriles is 1. The Kier molecular flexibility index (Phi) is 37.2. The number of carboxylic acid groups (broad SMARTS) is 1. The third-order valence-corrected chi connectivity index (χ3v) is 21.8. The quantitative estimate of drug-likeness (QED) is 0.0148. The number of aromatic nitrogens is 8. The number of aromatic carboxylic acids is 1. The highest BCUT2D eigenvalue weighted by Gasteiger charge is 2.39. The van der Waals surface area contributed by atoms with Crippen molar-refractivity contribution in [1.29, 1.82) is 5.26 Å². The van der Waals surface area contributed by atoms with Gasteiger partial charge in [0.1, 0.15) is 24.2 Å². The van der Waals surface area contributed by atoms with Crippen molar-refractivity contribution in [2.24, 2.45) is 76.6 Å². The van der Waals surface area contributed by atoms with Crippen molar-refractivity contribution in [2.45, 2.75) is 182 Å². The molecule has 4 saturated heterocycles. The number of hydrogen-bond donors (Lipinski definition) is 15. The second-order valence-electron chi connectivity index (χ2n) is 33.7. The zero-order valence-electron chi connectivity index (χ0n) is 72.7. The van der Waals surface area contributed by atoms with E-state index in [0.717, 1.165) is 22.1 Å². The fourth-order valence-corrected chi connectivity index (χ4v) is 15.3. The molecule has 17 N–H and O–H groups in total. The van der Waals surface area contributed by atoms with E-state index in [9.17, 15) is 77.2 Å². The number of fused-ring (bicyclic) bond motifs is 4. The maximum Gasteiger partial charge on any atom is 0.371 e. The molecule has 4 fully saturated rings. The van der Waals surface area contributed by atoms with E-state index in [1.54, 1.807) is 24.3 Å². The number of nitrogens with zero attached hydrogens (tertiary/aromatic N) is 5. The van der Waals surface area contributed by atoms with Crippen molar-refractivity contribution in [3.05, 3.63) is 120 Å². The molecule has 0 saturated carbocycles. The number of hydrogen-bond acceptors (Lipinski definition) is 23. The average Bonchev–Trinajstić information content (AvgIpc) is 1.68. The number of carboxylic acids is 1. The van der Waals surface area contributed by atoms with E-state index in [0.29, 0.717) is 99.6 Å². The Morgan fingerprint density at radius 3 is 0.976 bits per heavy atom. The van der Waals surface area contributed by atoms with Crippen molar-refractivity contribution in [1.82, 2.24) is 82.4 Å². The fraction of sp³-hybridized carbons (Fsp3) is 0.506. The van der Waals surface area contributed by atoms with Crippen molar-refractivity contribution in [2.75, 3.05) is 40.4 Å². The average molecular weight is 1740 g/mol. The predicted molar refractivity (Wildman–Crippen MR) is 464 cm³/mol. The minimum absolute atomic E-state index is 0.00585. The number of H-pyrrole nitrogens is 4. The number of aromatic amines is 4. The first-order valence-corrected chi connectivity index (χ1v) is 42.6. The van der Waals surface area contributed by atoms with Gasteiger partial charge in [-0.3, -0.25) is 57.5 Å². The van der Waals surface area contributed by atoms with Crippen LogP contribution in [0.3, 0.4) is 0 Å². The van der Waals surface area contributed by atoms with Gasteiger partial charge in [0.25, 0.3) is 0 Å². The number of nitrogens with one attached hydrogen (secondary N) is 12. The minimum Gasteiger partial charge on any atom is -0.475 e. The van der Waals surface area contributed by atoms with Crippen LogP contribution in [0.25, 0.3) is 44.1 Å². The lowest BCUT2D eigenvalue weighted by Crippen LogP contribution is -2.50. The lowest BCUT2D eigenvalue weighted by atomic mass is 9.90. The monoisotopic (exact) mass is 1740 g/mol. The SMILES string of the molecule is CC(C)C[C@H](CC(=O)c1nc2ccccc2[nH]1)C(=O)N[C@@H](C[C@@H]1CCNC1=O)C(N)=O.CC(C)C[C@H](CC(=O)c1nc2ccccc2[nH]1)C(=O)N[C@H](C#N)C[C@@H]1CCNC1=O.COC(=O)[C@H](C[C@@H]1CCNC1=O)NC(=O)[C@@H](CC(=O)c1nc2ccccc2[nH]1)CC(C)C.COC(=O)[C@H](C[C@@H]1CCNC1=O)NC(=O)[C@@H](N)CC(C)C.O=C(O)c1nc2ccccc2[nH]1.